The van der Waals surface area contributed by atoms with E-state index in [-0.39, 0.29) is 23.8 Å². The first kappa shape index (κ1) is 22.5. The van der Waals surface area contributed by atoms with Crippen molar-refractivity contribution in [3.05, 3.63) is 84.1 Å². The second-order valence-electron chi connectivity index (χ2n) is 10.0. The fraction of sp³-hybridized carbons (Fsp3) is 0.379. The van der Waals surface area contributed by atoms with Crippen molar-refractivity contribution in [3.8, 4) is 11.3 Å². The normalized spacial score (nSPS) is 21.4. The van der Waals surface area contributed by atoms with Crippen molar-refractivity contribution in [3.63, 3.8) is 0 Å². The molecular weight excluding hydrogens is 422 g/mol. The molecule has 5 heteroatoms. The molecule has 176 valence electrons. The van der Waals surface area contributed by atoms with E-state index in [0.717, 1.165) is 36.9 Å². The lowest BCUT2D eigenvalue weighted by molar-refractivity contribution is -0.133. The summed E-state index contributed by atoms with van der Waals surface area (Å²) in [5.41, 5.74) is 2.86. The Labute approximate surface area is 201 Å². The van der Waals surface area contributed by atoms with Crippen molar-refractivity contribution in [1.29, 1.82) is 0 Å². The van der Waals surface area contributed by atoms with Gasteiger partial charge in [0.05, 0.1) is 6.54 Å². The Bertz CT molecular complexity index is 1160. The highest BCUT2D eigenvalue weighted by Crippen LogP contribution is 2.35. The number of carbonyl (C=O) groups excluding carboxylic acids is 2. The maximum atomic E-state index is 13.9. The summed E-state index contributed by atoms with van der Waals surface area (Å²) in [6.07, 6.45) is 4.32. The van der Waals surface area contributed by atoms with Gasteiger partial charge in [0.2, 0.25) is 5.91 Å². The third kappa shape index (κ3) is 4.04. The summed E-state index contributed by atoms with van der Waals surface area (Å²) in [4.78, 5) is 29.5. The average Bonchev–Trinajstić information content (AvgIpc) is 3.52. The van der Waals surface area contributed by atoms with E-state index in [9.17, 15) is 9.59 Å². The summed E-state index contributed by atoms with van der Waals surface area (Å²) >= 11 is 0. The van der Waals surface area contributed by atoms with Gasteiger partial charge in [-0.25, -0.2) is 0 Å². The van der Waals surface area contributed by atoms with Crippen molar-refractivity contribution >= 4 is 11.8 Å². The molecule has 0 spiro atoms. The van der Waals surface area contributed by atoms with Gasteiger partial charge < -0.3 is 14.8 Å². The van der Waals surface area contributed by atoms with E-state index < -0.39 is 5.54 Å². The number of nitrogens with one attached hydrogen (secondary N) is 1. The number of hydrogen-bond acceptors (Lipinski definition) is 2. The third-order valence-corrected chi connectivity index (χ3v) is 7.58. The molecule has 2 aliphatic rings. The summed E-state index contributed by atoms with van der Waals surface area (Å²) < 4.78 is 2.04. The van der Waals surface area contributed by atoms with Gasteiger partial charge in [-0.3, -0.25) is 9.59 Å². The molecule has 2 heterocycles. The van der Waals surface area contributed by atoms with Gasteiger partial charge in [0, 0.05) is 18.3 Å². The van der Waals surface area contributed by atoms with E-state index in [1.165, 1.54) is 5.56 Å². The van der Waals surface area contributed by atoms with Crippen LogP contribution in [-0.4, -0.2) is 39.4 Å². The van der Waals surface area contributed by atoms with Crippen LogP contribution in [0.2, 0.25) is 0 Å². The van der Waals surface area contributed by atoms with Gasteiger partial charge in [0.25, 0.3) is 5.91 Å². The number of carbonyl (C=O) groups is 2. The minimum atomic E-state index is -0.974. The number of amides is 2. The van der Waals surface area contributed by atoms with Crippen LogP contribution in [0.4, 0.5) is 0 Å². The summed E-state index contributed by atoms with van der Waals surface area (Å²) in [6.45, 7) is 4.99. The molecule has 5 rings (SSSR count). The van der Waals surface area contributed by atoms with E-state index >= 15 is 0 Å². The fourth-order valence-corrected chi connectivity index (χ4v) is 5.49. The van der Waals surface area contributed by atoms with Crippen LogP contribution in [0.15, 0.2) is 72.8 Å². The lowest BCUT2D eigenvalue weighted by Gasteiger charge is -2.45. The summed E-state index contributed by atoms with van der Waals surface area (Å²) in [5, 5.41) is 3.29. The van der Waals surface area contributed by atoms with Crippen LogP contribution in [0.5, 0.6) is 0 Å². The molecule has 1 aliphatic carbocycles. The Balaban J connectivity index is 1.52. The maximum Gasteiger partial charge on any atom is 0.271 e. The molecule has 0 radical (unpaired) electrons. The van der Waals surface area contributed by atoms with Gasteiger partial charge >= 0.3 is 0 Å². The first-order valence-corrected chi connectivity index (χ1v) is 12.4. The van der Waals surface area contributed by atoms with Crippen LogP contribution < -0.4 is 5.32 Å². The third-order valence-electron chi connectivity index (χ3n) is 7.58. The SMILES string of the molecule is C[C@@H](CN1C(=O)c2ccc(-c3ccccc3)n2C[C@]1(C)C(=O)NC1CCCC1)c1ccccc1. The Kier molecular flexibility index (Phi) is 6.03. The first-order valence-electron chi connectivity index (χ1n) is 12.4. The standard InChI is InChI=1S/C29H33N3O2/c1-21(22-11-5-3-6-12-22)19-32-27(33)26-18-17-25(23-13-7-4-8-14-23)31(26)20-29(32,2)28(34)30-24-15-9-10-16-24/h3-8,11-14,17-18,21,24H,9-10,15-16,19-20H2,1-2H3,(H,30,34)/t21-,29+/m0/s1. The molecular formula is C29H33N3O2. The Hall–Kier alpha value is -3.34. The second-order valence-corrected chi connectivity index (χ2v) is 10.0. The van der Waals surface area contributed by atoms with E-state index in [4.69, 9.17) is 0 Å². The van der Waals surface area contributed by atoms with Crippen molar-refractivity contribution in [2.75, 3.05) is 6.54 Å². The smallest absolute Gasteiger partial charge is 0.271 e. The van der Waals surface area contributed by atoms with E-state index in [1.807, 2.05) is 77.1 Å². The van der Waals surface area contributed by atoms with Crippen molar-refractivity contribution in [2.24, 2.45) is 0 Å². The Morgan fingerprint density at radius 2 is 1.59 bits per heavy atom. The molecule has 34 heavy (non-hydrogen) atoms. The largest absolute Gasteiger partial charge is 0.351 e. The zero-order valence-corrected chi connectivity index (χ0v) is 20.0. The number of nitrogens with zero attached hydrogens (tertiary/aromatic N) is 2. The van der Waals surface area contributed by atoms with Crippen LogP contribution in [0.3, 0.4) is 0 Å². The monoisotopic (exact) mass is 455 g/mol. The van der Waals surface area contributed by atoms with Gasteiger partial charge in [-0.15, -0.1) is 0 Å². The Morgan fingerprint density at radius 3 is 2.26 bits per heavy atom. The van der Waals surface area contributed by atoms with Crippen molar-refractivity contribution in [2.45, 2.75) is 63.6 Å². The Morgan fingerprint density at radius 1 is 0.971 bits per heavy atom. The first-order chi connectivity index (χ1) is 16.5. The molecule has 2 aromatic carbocycles. The predicted octanol–water partition coefficient (Wildman–Crippen LogP) is 5.23. The highest BCUT2D eigenvalue weighted by atomic mass is 16.2. The van der Waals surface area contributed by atoms with Gasteiger partial charge in [-0.05, 0) is 48.9 Å². The molecule has 0 bridgehead atoms. The molecule has 1 aliphatic heterocycles. The number of aromatic nitrogens is 1. The molecule has 0 unspecified atom stereocenters. The molecule has 1 fully saturated rings. The highest BCUT2D eigenvalue weighted by molar-refractivity contribution is 6.00. The van der Waals surface area contributed by atoms with Gasteiger partial charge in [0.15, 0.2) is 0 Å². The van der Waals surface area contributed by atoms with Crippen molar-refractivity contribution in [1.82, 2.24) is 14.8 Å². The molecule has 1 aromatic heterocycles. The zero-order valence-electron chi connectivity index (χ0n) is 20.0. The zero-order chi connectivity index (χ0) is 23.7. The summed E-state index contributed by atoms with van der Waals surface area (Å²) in [5.74, 6) is -0.0227. The molecule has 1 N–H and O–H groups in total. The minimum absolute atomic E-state index is 0.0497. The van der Waals surface area contributed by atoms with E-state index in [2.05, 4.69) is 24.4 Å². The van der Waals surface area contributed by atoms with Crippen LogP contribution in [-0.2, 0) is 11.3 Å². The lowest BCUT2D eigenvalue weighted by Crippen LogP contribution is -2.65. The predicted molar refractivity (Wildman–Crippen MR) is 135 cm³/mol. The van der Waals surface area contributed by atoms with Crippen LogP contribution in [0.25, 0.3) is 11.3 Å². The average molecular weight is 456 g/mol. The van der Waals surface area contributed by atoms with Gasteiger partial charge in [-0.2, -0.15) is 0 Å². The molecule has 3 aromatic rings. The van der Waals surface area contributed by atoms with Crippen LogP contribution in [0, 0.1) is 0 Å². The maximum absolute atomic E-state index is 13.9. The molecule has 2 atom stereocenters. The lowest BCUT2D eigenvalue weighted by atomic mass is 9.91. The number of fused-ring (bicyclic) bond motifs is 1. The summed E-state index contributed by atoms with van der Waals surface area (Å²) in [6, 6.07) is 24.4. The van der Waals surface area contributed by atoms with Crippen LogP contribution >= 0.6 is 0 Å². The van der Waals surface area contributed by atoms with Gasteiger partial charge in [0.1, 0.15) is 11.2 Å². The van der Waals surface area contributed by atoms with Gasteiger partial charge in [-0.1, -0.05) is 80.4 Å². The molecule has 5 nitrogen and oxygen atoms in total. The number of hydrogen-bond donors (Lipinski definition) is 1. The number of benzene rings is 2. The molecule has 1 saturated carbocycles. The van der Waals surface area contributed by atoms with E-state index in [1.54, 1.807) is 0 Å². The molecule has 2 amide bonds. The minimum Gasteiger partial charge on any atom is -0.351 e. The summed E-state index contributed by atoms with van der Waals surface area (Å²) in [7, 11) is 0. The fourth-order valence-electron chi connectivity index (χ4n) is 5.49. The topological polar surface area (TPSA) is 54.3 Å². The number of rotatable bonds is 6. The second kappa shape index (κ2) is 9.13. The van der Waals surface area contributed by atoms with Crippen LogP contribution in [0.1, 0.15) is 61.5 Å². The quantitative estimate of drug-likeness (QED) is 0.553. The molecule has 0 saturated heterocycles. The highest BCUT2D eigenvalue weighted by Gasteiger charge is 2.48. The van der Waals surface area contributed by atoms with Crippen molar-refractivity contribution < 1.29 is 9.59 Å². The van der Waals surface area contributed by atoms with E-state index in [0.29, 0.717) is 18.8 Å².